The first-order valence-corrected chi connectivity index (χ1v) is 8.28. The average molecular weight is 474 g/mol. The number of nitrogens with one attached hydrogen (secondary N) is 2. The van der Waals surface area contributed by atoms with Crippen molar-refractivity contribution in [1.29, 1.82) is 0 Å². The molecular formula is C16H26F3IN4O. The summed E-state index contributed by atoms with van der Waals surface area (Å²) >= 11 is 0. The number of furan rings is 1. The third kappa shape index (κ3) is 7.85. The molecule has 2 heterocycles. The van der Waals surface area contributed by atoms with Gasteiger partial charge in [-0.15, -0.1) is 24.0 Å². The molecule has 2 rings (SSSR count). The smallest absolute Gasteiger partial charge is 0.390 e. The molecule has 1 aromatic heterocycles. The van der Waals surface area contributed by atoms with Gasteiger partial charge >= 0.3 is 6.18 Å². The molecule has 144 valence electrons. The number of halogens is 4. The minimum Gasteiger partial charge on any atom is -0.468 e. The Labute approximate surface area is 163 Å². The van der Waals surface area contributed by atoms with Crippen LogP contribution in [0, 0.1) is 0 Å². The number of piperidine rings is 1. The summed E-state index contributed by atoms with van der Waals surface area (Å²) in [6, 6.07) is 3.82. The van der Waals surface area contributed by atoms with E-state index < -0.39 is 12.6 Å². The zero-order chi connectivity index (χ0) is 17.4. The van der Waals surface area contributed by atoms with Crippen molar-refractivity contribution in [2.24, 2.45) is 4.99 Å². The molecule has 0 aliphatic carbocycles. The van der Waals surface area contributed by atoms with Crippen LogP contribution in [0.1, 0.15) is 37.5 Å². The second-order valence-electron chi connectivity index (χ2n) is 5.87. The lowest BCUT2D eigenvalue weighted by atomic mass is 10.1. The van der Waals surface area contributed by atoms with Gasteiger partial charge in [0.05, 0.1) is 18.7 Å². The fourth-order valence-electron chi connectivity index (χ4n) is 2.86. The van der Waals surface area contributed by atoms with Gasteiger partial charge in [0.2, 0.25) is 0 Å². The Morgan fingerprint density at radius 3 is 2.56 bits per heavy atom. The molecular weight excluding hydrogens is 448 g/mol. The molecule has 25 heavy (non-hydrogen) atoms. The number of nitrogens with zero attached hydrogens (tertiary/aromatic N) is 2. The summed E-state index contributed by atoms with van der Waals surface area (Å²) in [6.07, 6.45) is 0.113. The highest BCUT2D eigenvalue weighted by Gasteiger charge is 2.27. The van der Waals surface area contributed by atoms with Crippen molar-refractivity contribution in [3.05, 3.63) is 24.2 Å². The molecule has 1 atom stereocenters. The number of hydrogen-bond acceptors (Lipinski definition) is 3. The van der Waals surface area contributed by atoms with Gasteiger partial charge in [0, 0.05) is 20.1 Å². The van der Waals surface area contributed by atoms with Crippen molar-refractivity contribution < 1.29 is 17.6 Å². The van der Waals surface area contributed by atoms with E-state index in [4.69, 9.17) is 4.42 Å². The van der Waals surface area contributed by atoms with Crippen molar-refractivity contribution in [3.63, 3.8) is 0 Å². The van der Waals surface area contributed by atoms with Crippen molar-refractivity contribution in [1.82, 2.24) is 15.5 Å². The first-order chi connectivity index (χ1) is 11.5. The largest absolute Gasteiger partial charge is 0.468 e. The van der Waals surface area contributed by atoms with Crippen LogP contribution < -0.4 is 10.6 Å². The molecule has 2 N–H and O–H groups in total. The van der Waals surface area contributed by atoms with Gasteiger partial charge in [-0.1, -0.05) is 6.42 Å². The third-order valence-electron chi connectivity index (χ3n) is 4.09. The third-order valence-corrected chi connectivity index (χ3v) is 4.09. The van der Waals surface area contributed by atoms with Crippen molar-refractivity contribution in [2.45, 2.75) is 37.9 Å². The van der Waals surface area contributed by atoms with E-state index in [0.29, 0.717) is 12.5 Å². The summed E-state index contributed by atoms with van der Waals surface area (Å²) in [5.74, 6) is 1.22. The second kappa shape index (κ2) is 10.9. The molecule has 9 heteroatoms. The fourth-order valence-corrected chi connectivity index (χ4v) is 2.86. The maximum atomic E-state index is 12.2. The van der Waals surface area contributed by atoms with E-state index in [1.54, 1.807) is 13.3 Å². The maximum Gasteiger partial charge on any atom is 0.390 e. The summed E-state index contributed by atoms with van der Waals surface area (Å²) in [5, 5.41) is 5.81. The SMILES string of the molecule is CN=C(NCCC(F)(F)F)NCC(c1ccco1)N1CCCCC1.I. The van der Waals surface area contributed by atoms with Crippen LogP contribution in [-0.2, 0) is 0 Å². The maximum absolute atomic E-state index is 12.2. The minimum absolute atomic E-state index is 0. The van der Waals surface area contributed by atoms with Gasteiger partial charge in [-0.25, -0.2) is 0 Å². The molecule has 0 spiro atoms. The van der Waals surface area contributed by atoms with Crippen LogP contribution >= 0.6 is 24.0 Å². The highest BCUT2D eigenvalue weighted by molar-refractivity contribution is 14.0. The lowest BCUT2D eigenvalue weighted by molar-refractivity contribution is -0.132. The second-order valence-corrected chi connectivity index (χ2v) is 5.87. The van der Waals surface area contributed by atoms with Crippen LogP contribution in [0.15, 0.2) is 27.8 Å². The van der Waals surface area contributed by atoms with Crippen LogP contribution in [0.4, 0.5) is 13.2 Å². The Morgan fingerprint density at radius 2 is 2.00 bits per heavy atom. The fraction of sp³-hybridized carbons (Fsp3) is 0.688. The summed E-state index contributed by atoms with van der Waals surface area (Å²) in [7, 11) is 1.55. The van der Waals surface area contributed by atoms with E-state index in [1.165, 1.54) is 6.42 Å². The predicted octanol–water partition coefficient (Wildman–Crippen LogP) is 3.54. The zero-order valence-electron chi connectivity index (χ0n) is 14.3. The van der Waals surface area contributed by atoms with Gasteiger partial charge in [-0.3, -0.25) is 9.89 Å². The Hall–Kier alpha value is -0.970. The first kappa shape index (κ1) is 22.1. The van der Waals surface area contributed by atoms with Gasteiger partial charge in [0.15, 0.2) is 5.96 Å². The highest BCUT2D eigenvalue weighted by atomic mass is 127. The normalized spacial score (nSPS) is 17.7. The molecule has 5 nitrogen and oxygen atoms in total. The molecule has 0 amide bonds. The number of rotatable bonds is 6. The van der Waals surface area contributed by atoms with E-state index in [-0.39, 0.29) is 36.6 Å². The van der Waals surface area contributed by atoms with Crippen molar-refractivity contribution >= 4 is 29.9 Å². The van der Waals surface area contributed by atoms with Crippen LogP contribution in [-0.4, -0.2) is 50.3 Å². The molecule has 1 aromatic rings. The Bertz CT molecular complexity index is 502. The first-order valence-electron chi connectivity index (χ1n) is 8.28. The molecule has 1 fully saturated rings. The minimum atomic E-state index is -4.17. The van der Waals surface area contributed by atoms with Gasteiger partial charge < -0.3 is 15.1 Å². The van der Waals surface area contributed by atoms with Gasteiger partial charge in [-0.05, 0) is 38.1 Å². The molecule has 1 aliphatic heterocycles. The predicted molar refractivity (Wildman–Crippen MR) is 102 cm³/mol. The number of likely N-dealkylation sites (tertiary alicyclic amines) is 1. The molecule has 1 unspecified atom stereocenters. The topological polar surface area (TPSA) is 52.8 Å². The number of hydrogen-bond donors (Lipinski definition) is 2. The van der Waals surface area contributed by atoms with Crippen LogP contribution in [0.25, 0.3) is 0 Å². The lowest BCUT2D eigenvalue weighted by Crippen LogP contribution is -2.45. The summed E-state index contributed by atoms with van der Waals surface area (Å²) in [6.45, 7) is 2.32. The van der Waals surface area contributed by atoms with Gasteiger partial charge in [-0.2, -0.15) is 13.2 Å². The van der Waals surface area contributed by atoms with E-state index in [9.17, 15) is 13.2 Å². The van der Waals surface area contributed by atoms with E-state index in [1.807, 2.05) is 12.1 Å². The monoisotopic (exact) mass is 474 g/mol. The summed E-state index contributed by atoms with van der Waals surface area (Å²) in [5.41, 5.74) is 0. The summed E-state index contributed by atoms with van der Waals surface area (Å²) < 4.78 is 42.3. The van der Waals surface area contributed by atoms with Gasteiger partial charge in [0.1, 0.15) is 5.76 Å². The number of aliphatic imine (C=N–C) groups is 1. The Morgan fingerprint density at radius 1 is 1.28 bits per heavy atom. The molecule has 1 aliphatic rings. The van der Waals surface area contributed by atoms with E-state index in [0.717, 1.165) is 31.7 Å². The van der Waals surface area contributed by atoms with Crippen molar-refractivity contribution in [2.75, 3.05) is 33.2 Å². The van der Waals surface area contributed by atoms with Crippen LogP contribution in [0.5, 0.6) is 0 Å². The Balaban J connectivity index is 0.00000312. The van der Waals surface area contributed by atoms with Gasteiger partial charge in [0.25, 0.3) is 0 Å². The quantitative estimate of drug-likeness (QED) is 0.377. The van der Waals surface area contributed by atoms with E-state index >= 15 is 0 Å². The molecule has 0 radical (unpaired) electrons. The lowest BCUT2D eigenvalue weighted by Gasteiger charge is -2.33. The standard InChI is InChI=1S/C16H25F3N4O.HI/c1-20-15(21-8-7-16(17,18)19)22-12-13(14-6-5-11-24-14)23-9-3-2-4-10-23;/h5-6,11,13H,2-4,7-10,12H2,1H3,(H2,20,21,22);1H. The van der Waals surface area contributed by atoms with E-state index in [2.05, 4.69) is 20.5 Å². The number of guanidine groups is 1. The molecule has 1 saturated heterocycles. The molecule has 0 saturated carbocycles. The average Bonchev–Trinajstić information content (AvgIpc) is 3.07. The molecule has 0 bridgehead atoms. The summed E-state index contributed by atoms with van der Waals surface area (Å²) in [4.78, 5) is 6.33. The zero-order valence-corrected chi connectivity index (χ0v) is 16.6. The number of alkyl halides is 3. The Kier molecular flexibility index (Phi) is 9.62. The van der Waals surface area contributed by atoms with Crippen LogP contribution in [0.2, 0.25) is 0 Å². The van der Waals surface area contributed by atoms with Crippen molar-refractivity contribution in [3.8, 4) is 0 Å². The molecule has 0 aromatic carbocycles. The highest BCUT2D eigenvalue weighted by Crippen LogP contribution is 2.24. The van der Waals surface area contributed by atoms with Crippen LogP contribution in [0.3, 0.4) is 0 Å².